The number of thioether (sulfide) groups is 1. The minimum atomic E-state index is -0.109. The van der Waals surface area contributed by atoms with Crippen LogP contribution in [0.1, 0.15) is 45.6 Å². The summed E-state index contributed by atoms with van der Waals surface area (Å²) in [7, 11) is 1.95. The van der Waals surface area contributed by atoms with Crippen molar-refractivity contribution in [3.8, 4) is 6.07 Å². The Balaban J connectivity index is 1.85. The van der Waals surface area contributed by atoms with Gasteiger partial charge in [-0.15, -0.1) is 11.3 Å². The number of amides is 1. The van der Waals surface area contributed by atoms with Crippen LogP contribution in [0.5, 0.6) is 0 Å². The molecule has 1 saturated heterocycles. The van der Waals surface area contributed by atoms with Gasteiger partial charge in [0.05, 0.1) is 34.1 Å². The van der Waals surface area contributed by atoms with Crippen molar-refractivity contribution in [2.45, 2.75) is 25.8 Å². The zero-order valence-electron chi connectivity index (χ0n) is 19.3. The predicted octanol–water partition coefficient (Wildman–Crippen LogP) is 4.96. The van der Waals surface area contributed by atoms with E-state index in [0.717, 1.165) is 47.8 Å². The molecule has 0 aliphatic carbocycles. The van der Waals surface area contributed by atoms with Gasteiger partial charge >= 0.3 is 0 Å². The summed E-state index contributed by atoms with van der Waals surface area (Å²) < 4.78 is 0. The van der Waals surface area contributed by atoms with E-state index in [1.165, 1.54) is 17.8 Å². The lowest BCUT2D eigenvalue weighted by atomic mass is 10.1. The van der Waals surface area contributed by atoms with E-state index in [0.29, 0.717) is 29.9 Å². The Hall–Kier alpha value is -2.76. The van der Waals surface area contributed by atoms with Crippen molar-refractivity contribution in [2.75, 3.05) is 38.7 Å². The fourth-order valence-corrected chi connectivity index (χ4v) is 5.00. The molecule has 0 saturated carbocycles. The highest BCUT2D eigenvalue weighted by atomic mass is 32.2. The van der Waals surface area contributed by atoms with E-state index >= 15 is 0 Å². The highest BCUT2D eigenvalue weighted by molar-refractivity contribution is 7.98. The first-order valence-electron chi connectivity index (χ1n) is 11.1. The number of nitrogens with one attached hydrogen (secondary N) is 1. The molecular formula is C25H31N5OS2. The second-order valence-electron chi connectivity index (χ2n) is 7.99. The summed E-state index contributed by atoms with van der Waals surface area (Å²) in [6.07, 6.45) is 7.48. The summed E-state index contributed by atoms with van der Waals surface area (Å²) in [4.78, 5) is 22.8. The highest BCUT2D eigenvalue weighted by Crippen LogP contribution is 2.37. The SMILES string of the molecule is C=C(c1scc(C(=O)NCCSC)c1/N=C/N1CCCCC1)N(C)Cc1ccccc1C#N. The molecule has 2 heterocycles. The number of aliphatic imine (C=N–C) groups is 1. The van der Waals surface area contributed by atoms with Crippen LogP contribution >= 0.6 is 23.1 Å². The molecule has 1 aliphatic heterocycles. The summed E-state index contributed by atoms with van der Waals surface area (Å²) in [5, 5.41) is 14.3. The molecule has 2 aromatic rings. The molecule has 8 heteroatoms. The van der Waals surface area contributed by atoms with E-state index < -0.39 is 0 Å². The number of piperidine rings is 1. The van der Waals surface area contributed by atoms with Gasteiger partial charge in [-0.3, -0.25) is 4.79 Å². The number of carbonyl (C=O) groups is 1. The van der Waals surface area contributed by atoms with Crippen LogP contribution in [0.25, 0.3) is 5.70 Å². The number of nitriles is 1. The molecule has 1 fully saturated rings. The Labute approximate surface area is 205 Å². The number of thiophene rings is 1. The molecule has 3 rings (SSSR count). The van der Waals surface area contributed by atoms with Gasteiger partial charge < -0.3 is 15.1 Å². The fourth-order valence-electron chi connectivity index (χ4n) is 3.67. The molecular weight excluding hydrogens is 450 g/mol. The normalized spacial score (nSPS) is 13.7. The summed E-state index contributed by atoms with van der Waals surface area (Å²) in [6.45, 7) is 7.46. The standard InChI is InChI=1S/C25H31N5OS2/c1-19(29(2)16-21-10-6-5-9-20(21)15-26)24-23(28-18-30-12-7-4-8-13-30)22(17-33-24)25(31)27-11-14-32-3/h5-6,9-10,17-18H,1,4,7-8,11-14,16H2,2-3H3,(H,27,31)/b28-18+. The second kappa shape index (κ2) is 12.5. The van der Waals surface area contributed by atoms with Crippen LogP contribution in [0.3, 0.4) is 0 Å². The van der Waals surface area contributed by atoms with Crippen molar-refractivity contribution < 1.29 is 4.79 Å². The Morgan fingerprint density at radius 3 is 2.85 bits per heavy atom. The summed E-state index contributed by atoms with van der Waals surface area (Å²) >= 11 is 3.18. The number of nitrogens with zero attached hydrogens (tertiary/aromatic N) is 4. The molecule has 0 atom stereocenters. The van der Waals surface area contributed by atoms with Gasteiger partial charge in [0.25, 0.3) is 5.91 Å². The number of hydrogen-bond donors (Lipinski definition) is 1. The van der Waals surface area contributed by atoms with Crippen LogP contribution in [0.2, 0.25) is 0 Å². The lowest BCUT2D eigenvalue weighted by Gasteiger charge is -2.24. The van der Waals surface area contributed by atoms with E-state index in [-0.39, 0.29) is 5.91 Å². The fraction of sp³-hybridized carbons (Fsp3) is 0.400. The molecule has 0 radical (unpaired) electrons. The van der Waals surface area contributed by atoms with Crippen molar-refractivity contribution in [1.29, 1.82) is 5.26 Å². The van der Waals surface area contributed by atoms with Gasteiger partial charge in [0.15, 0.2) is 0 Å². The Bertz CT molecular complexity index is 1030. The zero-order valence-corrected chi connectivity index (χ0v) is 21.0. The van der Waals surface area contributed by atoms with Crippen LogP contribution < -0.4 is 5.32 Å². The molecule has 0 unspecified atom stereocenters. The lowest BCUT2D eigenvalue weighted by molar-refractivity contribution is 0.0957. The first-order valence-corrected chi connectivity index (χ1v) is 13.4. The molecule has 1 aromatic heterocycles. The van der Waals surface area contributed by atoms with Crippen molar-refractivity contribution >= 4 is 46.7 Å². The lowest BCUT2D eigenvalue weighted by Crippen LogP contribution is -2.28. The van der Waals surface area contributed by atoms with Crippen molar-refractivity contribution in [1.82, 2.24) is 15.1 Å². The number of carbonyl (C=O) groups excluding carboxylic acids is 1. The third-order valence-electron chi connectivity index (χ3n) is 5.61. The van der Waals surface area contributed by atoms with E-state index in [1.807, 2.05) is 54.2 Å². The first-order chi connectivity index (χ1) is 16.0. The molecule has 6 nitrogen and oxygen atoms in total. The zero-order chi connectivity index (χ0) is 23.6. The number of benzene rings is 1. The Morgan fingerprint density at radius 2 is 2.12 bits per heavy atom. The van der Waals surface area contributed by atoms with Crippen molar-refractivity contribution in [3.63, 3.8) is 0 Å². The van der Waals surface area contributed by atoms with E-state index in [2.05, 4.69) is 22.9 Å². The average Bonchev–Trinajstić information content (AvgIpc) is 3.27. The van der Waals surface area contributed by atoms with Crippen LogP contribution in [0.15, 0.2) is 41.2 Å². The minimum absolute atomic E-state index is 0.109. The van der Waals surface area contributed by atoms with Gasteiger partial charge in [-0.2, -0.15) is 17.0 Å². The molecule has 0 bridgehead atoms. The van der Waals surface area contributed by atoms with E-state index in [9.17, 15) is 10.1 Å². The molecule has 1 amide bonds. The number of likely N-dealkylation sites (tertiary alicyclic amines) is 1. The average molecular weight is 482 g/mol. The van der Waals surface area contributed by atoms with Crippen molar-refractivity contribution in [2.24, 2.45) is 4.99 Å². The van der Waals surface area contributed by atoms with Crippen LogP contribution in [-0.4, -0.2) is 60.7 Å². The van der Waals surface area contributed by atoms with Gasteiger partial charge in [-0.1, -0.05) is 24.8 Å². The third kappa shape index (κ3) is 6.62. The predicted molar refractivity (Wildman–Crippen MR) is 140 cm³/mol. The summed E-state index contributed by atoms with van der Waals surface area (Å²) in [6, 6.07) is 9.83. The minimum Gasteiger partial charge on any atom is -0.369 e. The Morgan fingerprint density at radius 1 is 1.36 bits per heavy atom. The molecule has 1 N–H and O–H groups in total. The van der Waals surface area contributed by atoms with Gasteiger partial charge in [-0.05, 0) is 37.1 Å². The van der Waals surface area contributed by atoms with E-state index in [1.54, 1.807) is 11.8 Å². The summed E-state index contributed by atoms with van der Waals surface area (Å²) in [5.74, 6) is 0.755. The molecule has 174 valence electrons. The highest BCUT2D eigenvalue weighted by Gasteiger charge is 2.21. The smallest absolute Gasteiger partial charge is 0.254 e. The molecule has 1 aliphatic rings. The molecule has 1 aromatic carbocycles. The van der Waals surface area contributed by atoms with E-state index in [4.69, 9.17) is 4.99 Å². The maximum atomic E-state index is 12.9. The monoisotopic (exact) mass is 481 g/mol. The largest absolute Gasteiger partial charge is 0.369 e. The topological polar surface area (TPSA) is 71.7 Å². The quantitative estimate of drug-likeness (QED) is 0.295. The van der Waals surface area contributed by atoms with Crippen LogP contribution in [0, 0.1) is 11.3 Å². The van der Waals surface area contributed by atoms with Gasteiger partial charge in [0.2, 0.25) is 0 Å². The number of rotatable bonds is 10. The molecule has 33 heavy (non-hydrogen) atoms. The maximum Gasteiger partial charge on any atom is 0.254 e. The van der Waals surface area contributed by atoms with Crippen molar-refractivity contribution in [3.05, 3.63) is 57.8 Å². The maximum absolute atomic E-state index is 12.9. The van der Waals surface area contributed by atoms with Crippen LogP contribution in [0.4, 0.5) is 5.69 Å². The second-order valence-corrected chi connectivity index (χ2v) is 9.85. The van der Waals surface area contributed by atoms with Crippen LogP contribution in [-0.2, 0) is 6.54 Å². The van der Waals surface area contributed by atoms with Gasteiger partial charge in [0, 0.05) is 50.1 Å². The third-order valence-corrected chi connectivity index (χ3v) is 7.24. The number of hydrogen-bond acceptors (Lipinski definition) is 6. The Kier molecular flexibility index (Phi) is 9.40. The summed E-state index contributed by atoms with van der Waals surface area (Å²) in [5.41, 5.74) is 3.62. The molecule has 0 spiro atoms. The first kappa shape index (κ1) is 24.9. The van der Waals surface area contributed by atoms with Gasteiger partial charge in [-0.25, -0.2) is 4.99 Å². The van der Waals surface area contributed by atoms with Gasteiger partial charge in [0.1, 0.15) is 0 Å².